The molecule has 108 valence electrons. The molecule has 0 amide bonds. The van der Waals surface area contributed by atoms with E-state index in [2.05, 4.69) is 0 Å². The summed E-state index contributed by atoms with van der Waals surface area (Å²) in [5.74, 6) is 0. The average Bonchev–Trinajstić information content (AvgIpc) is 2.63. The average molecular weight is 315 g/mol. The summed E-state index contributed by atoms with van der Waals surface area (Å²) >= 11 is 6.01. The Morgan fingerprint density at radius 3 is 2.85 bits per heavy atom. The molecule has 0 spiro atoms. The maximum atomic E-state index is 12.7. The third kappa shape index (κ3) is 2.96. The number of rotatable bonds is 2. The van der Waals surface area contributed by atoms with Gasteiger partial charge in [0.1, 0.15) is 4.90 Å². The second kappa shape index (κ2) is 6.10. The minimum Gasteiger partial charge on any atom is -0.380 e. The molecule has 0 saturated carbocycles. The molecule has 1 atom stereocenters. The molecule has 0 bridgehead atoms. The lowest BCUT2D eigenvalue weighted by Gasteiger charge is -2.25. The van der Waals surface area contributed by atoms with Crippen molar-refractivity contribution in [3.05, 3.63) is 28.8 Å². The van der Waals surface area contributed by atoms with Crippen molar-refractivity contribution in [1.29, 1.82) is 5.26 Å². The Morgan fingerprint density at radius 2 is 2.20 bits per heavy atom. The van der Waals surface area contributed by atoms with Gasteiger partial charge in [-0.3, -0.25) is 0 Å². The van der Waals surface area contributed by atoms with Gasteiger partial charge in [-0.15, -0.1) is 0 Å². The topological polar surface area (TPSA) is 70.4 Å². The Hall–Kier alpha value is -1.13. The molecule has 0 N–H and O–H groups in total. The molecule has 5 nitrogen and oxygen atoms in total. The third-order valence-corrected chi connectivity index (χ3v) is 5.77. The zero-order chi connectivity index (χ0) is 14.8. The van der Waals surface area contributed by atoms with Gasteiger partial charge >= 0.3 is 0 Å². The van der Waals surface area contributed by atoms with Crippen LogP contribution in [0, 0.1) is 11.3 Å². The number of halogens is 1. The Bertz CT molecular complexity index is 640. The number of hydrogen-bond donors (Lipinski definition) is 0. The lowest BCUT2D eigenvalue weighted by molar-refractivity contribution is 0.148. The minimum absolute atomic E-state index is 0.0342. The first kappa shape index (κ1) is 15.3. The summed E-state index contributed by atoms with van der Waals surface area (Å²) in [7, 11) is -3.68. The smallest absolute Gasteiger partial charge is 0.244 e. The maximum absolute atomic E-state index is 12.7. The predicted molar refractivity (Wildman–Crippen MR) is 75.0 cm³/mol. The standard InChI is InChI=1S/C13H15ClN2O3S/c1-10-4-6-19-7-5-16(10)20(17,18)13-3-2-11(9-15)8-12(13)14/h2-3,8,10H,4-7H2,1H3/t10-/m0/s1. The van der Waals surface area contributed by atoms with Gasteiger partial charge < -0.3 is 4.74 Å². The van der Waals surface area contributed by atoms with Crippen molar-refractivity contribution < 1.29 is 13.2 Å². The minimum atomic E-state index is -3.68. The fourth-order valence-electron chi connectivity index (χ4n) is 2.14. The number of nitriles is 1. The van der Waals surface area contributed by atoms with E-state index in [0.717, 1.165) is 0 Å². The van der Waals surface area contributed by atoms with Crippen molar-refractivity contribution in [1.82, 2.24) is 4.31 Å². The highest BCUT2D eigenvalue weighted by Gasteiger charge is 2.31. The fraction of sp³-hybridized carbons (Fsp3) is 0.462. The summed E-state index contributed by atoms with van der Waals surface area (Å²) in [5, 5.41) is 8.87. The second-order valence-electron chi connectivity index (χ2n) is 4.62. The number of ether oxygens (including phenoxy) is 1. The molecule has 20 heavy (non-hydrogen) atoms. The van der Waals surface area contributed by atoms with Crippen LogP contribution >= 0.6 is 11.6 Å². The van der Waals surface area contributed by atoms with Gasteiger partial charge in [0.05, 0.1) is 23.3 Å². The Labute approximate surface area is 123 Å². The van der Waals surface area contributed by atoms with Crippen molar-refractivity contribution in [2.75, 3.05) is 19.8 Å². The lowest BCUT2D eigenvalue weighted by Crippen LogP contribution is -2.39. The highest BCUT2D eigenvalue weighted by atomic mass is 35.5. The van der Waals surface area contributed by atoms with Crippen LogP contribution in [0.2, 0.25) is 5.02 Å². The molecule has 1 aliphatic rings. The lowest BCUT2D eigenvalue weighted by atomic mass is 10.2. The molecule has 2 rings (SSSR count). The molecular weight excluding hydrogens is 300 g/mol. The molecule has 1 heterocycles. The van der Waals surface area contributed by atoms with Crippen molar-refractivity contribution in [2.24, 2.45) is 0 Å². The largest absolute Gasteiger partial charge is 0.380 e. The summed E-state index contributed by atoms with van der Waals surface area (Å²) in [4.78, 5) is 0.0342. The van der Waals surface area contributed by atoms with Crippen molar-refractivity contribution in [3.8, 4) is 6.07 Å². The van der Waals surface area contributed by atoms with Gasteiger partial charge in [-0.2, -0.15) is 9.57 Å². The number of hydrogen-bond acceptors (Lipinski definition) is 4. The highest BCUT2D eigenvalue weighted by Crippen LogP contribution is 2.28. The van der Waals surface area contributed by atoms with E-state index in [1.54, 1.807) is 0 Å². The van der Waals surface area contributed by atoms with E-state index in [1.807, 2.05) is 13.0 Å². The van der Waals surface area contributed by atoms with Crippen LogP contribution < -0.4 is 0 Å². The van der Waals surface area contributed by atoms with Crippen LogP contribution in [0.1, 0.15) is 18.9 Å². The second-order valence-corrected chi connectivity index (χ2v) is 6.89. The Morgan fingerprint density at radius 1 is 1.45 bits per heavy atom. The van der Waals surface area contributed by atoms with Crippen LogP contribution in [-0.2, 0) is 14.8 Å². The zero-order valence-corrected chi connectivity index (χ0v) is 12.6. The molecule has 0 unspecified atom stereocenters. The van der Waals surface area contributed by atoms with E-state index in [1.165, 1.54) is 22.5 Å². The molecule has 1 aromatic carbocycles. The quantitative estimate of drug-likeness (QED) is 0.837. The summed E-state index contributed by atoms with van der Waals surface area (Å²) in [6, 6.07) is 6.00. The van der Waals surface area contributed by atoms with Gasteiger partial charge in [0.25, 0.3) is 0 Å². The summed E-state index contributed by atoms with van der Waals surface area (Å²) in [6.07, 6.45) is 0.646. The van der Waals surface area contributed by atoms with E-state index < -0.39 is 10.0 Å². The van der Waals surface area contributed by atoms with E-state index in [9.17, 15) is 8.42 Å². The van der Waals surface area contributed by atoms with Crippen LogP contribution in [0.25, 0.3) is 0 Å². The summed E-state index contributed by atoms with van der Waals surface area (Å²) in [6.45, 7) is 3.08. The molecule has 1 saturated heterocycles. The Kier molecular flexibility index (Phi) is 4.66. The van der Waals surface area contributed by atoms with E-state index in [4.69, 9.17) is 21.6 Å². The van der Waals surface area contributed by atoms with E-state index in [0.29, 0.717) is 31.7 Å². The number of benzene rings is 1. The first-order valence-electron chi connectivity index (χ1n) is 6.26. The molecule has 0 aliphatic carbocycles. The molecular formula is C13H15ClN2O3S. The first-order chi connectivity index (χ1) is 9.46. The first-order valence-corrected chi connectivity index (χ1v) is 8.08. The van der Waals surface area contributed by atoms with E-state index >= 15 is 0 Å². The van der Waals surface area contributed by atoms with Crippen LogP contribution in [0.5, 0.6) is 0 Å². The summed E-state index contributed by atoms with van der Waals surface area (Å²) < 4.78 is 32.1. The summed E-state index contributed by atoms with van der Waals surface area (Å²) in [5.41, 5.74) is 0.334. The van der Waals surface area contributed by atoms with Gasteiger partial charge in [-0.25, -0.2) is 8.42 Å². The van der Waals surface area contributed by atoms with Gasteiger partial charge in [-0.05, 0) is 31.5 Å². The van der Waals surface area contributed by atoms with Crippen LogP contribution in [-0.4, -0.2) is 38.5 Å². The van der Waals surface area contributed by atoms with Crippen molar-refractivity contribution in [2.45, 2.75) is 24.3 Å². The molecule has 0 aromatic heterocycles. The predicted octanol–water partition coefficient (Wildman–Crippen LogP) is 2.01. The fourth-order valence-corrected chi connectivity index (χ4v) is 4.30. The van der Waals surface area contributed by atoms with E-state index in [-0.39, 0.29) is 16.0 Å². The Balaban J connectivity index is 2.41. The SMILES string of the molecule is C[C@H]1CCOCCN1S(=O)(=O)c1ccc(C#N)cc1Cl. The van der Waals surface area contributed by atoms with Crippen molar-refractivity contribution in [3.63, 3.8) is 0 Å². The van der Waals surface area contributed by atoms with Gasteiger partial charge in [-0.1, -0.05) is 11.6 Å². The highest BCUT2D eigenvalue weighted by molar-refractivity contribution is 7.89. The monoisotopic (exact) mass is 314 g/mol. The maximum Gasteiger partial charge on any atom is 0.244 e. The van der Waals surface area contributed by atoms with Crippen molar-refractivity contribution >= 4 is 21.6 Å². The van der Waals surface area contributed by atoms with Crippen LogP contribution in [0.3, 0.4) is 0 Å². The number of sulfonamides is 1. The molecule has 7 heteroatoms. The third-order valence-electron chi connectivity index (χ3n) is 3.28. The normalized spacial score (nSPS) is 21.1. The molecule has 1 aliphatic heterocycles. The molecule has 1 aromatic rings. The van der Waals surface area contributed by atoms with Gasteiger partial charge in [0, 0.05) is 19.2 Å². The zero-order valence-electron chi connectivity index (χ0n) is 11.0. The van der Waals surface area contributed by atoms with Crippen LogP contribution in [0.15, 0.2) is 23.1 Å². The van der Waals surface area contributed by atoms with Gasteiger partial charge in [0.2, 0.25) is 10.0 Å². The van der Waals surface area contributed by atoms with Gasteiger partial charge in [0.15, 0.2) is 0 Å². The van der Waals surface area contributed by atoms with Crippen LogP contribution in [0.4, 0.5) is 0 Å². The molecule has 1 fully saturated rings. The number of nitrogens with zero attached hydrogens (tertiary/aromatic N) is 2. The molecule has 0 radical (unpaired) electrons.